The molecule has 1 aromatic rings. The number of benzene rings is 1. The van der Waals surface area contributed by atoms with Crippen molar-refractivity contribution in [2.24, 2.45) is 10.9 Å². The molecule has 1 atom stereocenters. The van der Waals surface area contributed by atoms with Crippen LogP contribution in [0, 0.1) is 5.92 Å². The Morgan fingerprint density at radius 2 is 1.96 bits per heavy atom. The molecular weight excluding hydrogens is 427 g/mol. The van der Waals surface area contributed by atoms with Crippen LogP contribution in [0.2, 0.25) is 0 Å². The number of nitrogens with zero attached hydrogens (tertiary/aromatic N) is 2. The molecule has 1 aromatic carbocycles. The van der Waals surface area contributed by atoms with Gasteiger partial charge in [-0.3, -0.25) is 9.89 Å². The number of hydrogen-bond acceptors (Lipinski definition) is 3. The molecule has 3 rings (SSSR count). The van der Waals surface area contributed by atoms with Crippen LogP contribution in [-0.4, -0.2) is 51.2 Å². The minimum atomic E-state index is 0. The number of nitrogens with one attached hydrogen (secondary N) is 2. The van der Waals surface area contributed by atoms with E-state index in [0.717, 1.165) is 43.8 Å². The molecule has 1 aliphatic heterocycles. The molecular formula is C19H31IN4O. The van der Waals surface area contributed by atoms with E-state index in [1.807, 2.05) is 13.1 Å². The van der Waals surface area contributed by atoms with Gasteiger partial charge in [0.1, 0.15) is 5.75 Å². The number of guanidine groups is 1. The largest absolute Gasteiger partial charge is 0.496 e. The highest BCUT2D eigenvalue weighted by Gasteiger charge is 2.26. The molecule has 1 saturated carbocycles. The van der Waals surface area contributed by atoms with Gasteiger partial charge in [0.25, 0.3) is 0 Å². The summed E-state index contributed by atoms with van der Waals surface area (Å²) in [5, 5.41) is 6.97. The summed E-state index contributed by atoms with van der Waals surface area (Å²) in [5.41, 5.74) is 1.26. The summed E-state index contributed by atoms with van der Waals surface area (Å²) in [7, 11) is 3.60. The second kappa shape index (κ2) is 10.2. The van der Waals surface area contributed by atoms with Crippen LogP contribution >= 0.6 is 24.0 Å². The van der Waals surface area contributed by atoms with Gasteiger partial charge < -0.3 is 15.4 Å². The lowest BCUT2D eigenvalue weighted by molar-refractivity contribution is 0.239. The lowest BCUT2D eigenvalue weighted by Crippen LogP contribution is -2.43. The van der Waals surface area contributed by atoms with Gasteiger partial charge >= 0.3 is 0 Å². The van der Waals surface area contributed by atoms with Gasteiger partial charge in [-0.25, -0.2) is 0 Å². The van der Waals surface area contributed by atoms with Gasteiger partial charge in [0.05, 0.1) is 13.2 Å². The molecule has 0 bridgehead atoms. The van der Waals surface area contributed by atoms with E-state index in [-0.39, 0.29) is 24.0 Å². The molecule has 2 aliphatic rings. The van der Waals surface area contributed by atoms with E-state index in [9.17, 15) is 0 Å². The van der Waals surface area contributed by atoms with Gasteiger partial charge in [0.2, 0.25) is 0 Å². The summed E-state index contributed by atoms with van der Waals surface area (Å²) in [6, 6.07) is 8.68. The predicted octanol–water partition coefficient (Wildman–Crippen LogP) is 3.03. The Morgan fingerprint density at radius 1 is 1.24 bits per heavy atom. The third-order valence-corrected chi connectivity index (χ3v) is 5.02. The minimum Gasteiger partial charge on any atom is -0.496 e. The summed E-state index contributed by atoms with van der Waals surface area (Å²) in [6.45, 7) is 4.17. The normalized spacial score (nSPS) is 19.2. The number of halogens is 1. The zero-order valence-corrected chi connectivity index (χ0v) is 17.7. The zero-order valence-electron chi connectivity index (χ0n) is 15.3. The zero-order chi connectivity index (χ0) is 16.8. The maximum Gasteiger partial charge on any atom is 0.191 e. The van der Waals surface area contributed by atoms with Crippen molar-refractivity contribution >= 4 is 29.9 Å². The second-order valence-corrected chi connectivity index (χ2v) is 6.78. The number of para-hydroxylation sites is 1. The first kappa shape index (κ1) is 20.3. The topological polar surface area (TPSA) is 48.9 Å². The standard InChI is InChI=1S/C19H30N4O.HI/c1-20-19(21-13-15-9-10-15)22-14-17(23-11-5-6-12-23)16-7-3-4-8-18(16)24-2;/h3-4,7-8,15,17H,5-6,9-14H2,1-2H3,(H2,20,21,22);1H. The van der Waals surface area contributed by atoms with Crippen molar-refractivity contribution in [3.63, 3.8) is 0 Å². The van der Waals surface area contributed by atoms with E-state index in [4.69, 9.17) is 4.74 Å². The molecule has 6 heteroatoms. The highest BCUT2D eigenvalue weighted by molar-refractivity contribution is 14.0. The quantitative estimate of drug-likeness (QED) is 0.375. The molecule has 2 fully saturated rings. The Bertz CT molecular complexity index is 556. The van der Waals surface area contributed by atoms with Crippen LogP contribution in [0.3, 0.4) is 0 Å². The predicted molar refractivity (Wildman–Crippen MR) is 114 cm³/mol. The van der Waals surface area contributed by atoms with Crippen molar-refractivity contribution < 1.29 is 4.74 Å². The van der Waals surface area contributed by atoms with E-state index in [1.165, 1.54) is 31.2 Å². The maximum absolute atomic E-state index is 5.61. The Morgan fingerprint density at radius 3 is 2.60 bits per heavy atom. The van der Waals surface area contributed by atoms with Gasteiger partial charge in [-0.15, -0.1) is 24.0 Å². The SMILES string of the molecule is CN=C(NCC1CC1)NCC(c1ccccc1OC)N1CCCC1.I. The lowest BCUT2D eigenvalue weighted by atomic mass is 10.0. The summed E-state index contributed by atoms with van der Waals surface area (Å²) in [6.07, 6.45) is 5.25. The molecule has 25 heavy (non-hydrogen) atoms. The van der Waals surface area contributed by atoms with Crippen LogP contribution in [0.4, 0.5) is 0 Å². The van der Waals surface area contributed by atoms with Crippen LogP contribution in [-0.2, 0) is 0 Å². The monoisotopic (exact) mass is 458 g/mol. The Hall–Kier alpha value is -1.02. The van der Waals surface area contributed by atoms with Crippen LogP contribution in [0.5, 0.6) is 5.75 Å². The summed E-state index contributed by atoms with van der Waals surface area (Å²) >= 11 is 0. The Balaban J connectivity index is 0.00000225. The van der Waals surface area contributed by atoms with Crippen LogP contribution < -0.4 is 15.4 Å². The summed E-state index contributed by atoms with van der Waals surface area (Å²) in [4.78, 5) is 6.92. The fourth-order valence-electron chi connectivity index (χ4n) is 3.41. The number of ether oxygens (including phenoxy) is 1. The highest BCUT2D eigenvalue weighted by Crippen LogP contribution is 2.31. The number of aliphatic imine (C=N–C) groups is 1. The number of rotatable bonds is 7. The molecule has 1 heterocycles. The molecule has 140 valence electrons. The summed E-state index contributed by atoms with van der Waals surface area (Å²) < 4.78 is 5.61. The van der Waals surface area contributed by atoms with Gasteiger partial charge in [-0.2, -0.15) is 0 Å². The van der Waals surface area contributed by atoms with Crippen molar-refractivity contribution in [2.75, 3.05) is 40.3 Å². The molecule has 1 aliphatic carbocycles. The minimum absolute atomic E-state index is 0. The fraction of sp³-hybridized carbons (Fsp3) is 0.632. The van der Waals surface area contributed by atoms with E-state index in [2.05, 4.69) is 38.7 Å². The molecule has 0 spiro atoms. The smallest absolute Gasteiger partial charge is 0.191 e. The van der Waals surface area contributed by atoms with Crippen molar-refractivity contribution in [1.82, 2.24) is 15.5 Å². The third kappa shape index (κ3) is 5.74. The molecule has 1 saturated heterocycles. The first-order chi connectivity index (χ1) is 11.8. The summed E-state index contributed by atoms with van der Waals surface area (Å²) in [5.74, 6) is 2.71. The van der Waals surface area contributed by atoms with E-state index in [1.54, 1.807) is 7.11 Å². The molecule has 5 nitrogen and oxygen atoms in total. The molecule has 0 radical (unpaired) electrons. The first-order valence-electron chi connectivity index (χ1n) is 9.13. The van der Waals surface area contributed by atoms with Crippen molar-refractivity contribution in [2.45, 2.75) is 31.7 Å². The van der Waals surface area contributed by atoms with E-state index >= 15 is 0 Å². The van der Waals surface area contributed by atoms with Crippen LogP contribution in [0.15, 0.2) is 29.3 Å². The number of hydrogen-bond donors (Lipinski definition) is 2. The molecule has 0 amide bonds. The van der Waals surface area contributed by atoms with Gasteiger partial charge in [0, 0.05) is 25.7 Å². The second-order valence-electron chi connectivity index (χ2n) is 6.78. The van der Waals surface area contributed by atoms with Crippen molar-refractivity contribution in [3.8, 4) is 5.75 Å². The number of likely N-dealkylation sites (tertiary alicyclic amines) is 1. The van der Waals surface area contributed by atoms with Gasteiger partial charge in [0.15, 0.2) is 5.96 Å². The van der Waals surface area contributed by atoms with Crippen molar-refractivity contribution in [3.05, 3.63) is 29.8 Å². The van der Waals surface area contributed by atoms with E-state index < -0.39 is 0 Å². The third-order valence-electron chi connectivity index (χ3n) is 5.02. The Labute approximate surface area is 168 Å². The van der Waals surface area contributed by atoms with Gasteiger partial charge in [-0.1, -0.05) is 18.2 Å². The highest BCUT2D eigenvalue weighted by atomic mass is 127. The number of methoxy groups -OCH3 is 1. The van der Waals surface area contributed by atoms with Gasteiger partial charge in [-0.05, 0) is 50.8 Å². The molecule has 1 unspecified atom stereocenters. The van der Waals surface area contributed by atoms with Crippen molar-refractivity contribution in [1.29, 1.82) is 0 Å². The van der Waals surface area contributed by atoms with Crippen LogP contribution in [0.25, 0.3) is 0 Å². The average molecular weight is 458 g/mol. The Kier molecular flexibility index (Phi) is 8.29. The van der Waals surface area contributed by atoms with Crippen LogP contribution in [0.1, 0.15) is 37.3 Å². The molecule has 2 N–H and O–H groups in total. The fourth-order valence-corrected chi connectivity index (χ4v) is 3.41. The molecule has 0 aromatic heterocycles. The first-order valence-corrected chi connectivity index (χ1v) is 9.13. The average Bonchev–Trinajstić information content (AvgIpc) is 3.30. The van der Waals surface area contributed by atoms with E-state index in [0.29, 0.717) is 6.04 Å². The lowest BCUT2D eigenvalue weighted by Gasteiger charge is -2.30. The maximum atomic E-state index is 5.61.